The van der Waals surface area contributed by atoms with Gasteiger partial charge in [-0.1, -0.05) is 178 Å². The van der Waals surface area contributed by atoms with Gasteiger partial charge in [0.25, 0.3) is 0 Å². The van der Waals surface area contributed by atoms with E-state index in [1.807, 2.05) is 36.4 Å². The Labute approximate surface area is 321 Å². The van der Waals surface area contributed by atoms with E-state index in [-0.39, 0.29) is 75.6 Å². The molecular weight excluding hydrogens is 633 g/mol. The topological polar surface area (TPSA) is 69.2 Å². The zero-order chi connectivity index (χ0) is 38.2. The molecule has 0 heterocycles. The van der Waals surface area contributed by atoms with Crippen molar-refractivity contribution in [1.29, 1.82) is 0 Å². The van der Waals surface area contributed by atoms with Gasteiger partial charge in [0.2, 0.25) is 0 Å². The van der Waals surface area contributed by atoms with Crippen molar-refractivity contribution in [3.05, 3.63) is 86.5 Å². The van der Waals surface area contributed by atoms with Crippen LogP contribution in [0.3, 0.4) is 0 Å². The van der Waals surface area contributed by atoms with Crippen molar-refractivity contribution in [3.63, 3.8) is 0 Å². The fourth-order valence-electron chi connectivity index (χ4n) is 5.66. The van der Waals surface area contributed by atoms with Crippen molar-refractivity contribution in [2.45, 2.75) is 178 Å². The molecule has 49 heavy (non-hydrogen) atoms. The molecule has 0 amide bonds. The molecule has 3 aromatic rings. The van der Waals surface area contributed by atoms with Gasteiger partial charge in [-0.15, -0.1) is 17.2 Å². The van der Waals surface area contributed by atoms with Gasteiger partial charge in [-0.25, -0.2) is 0 Å². The van der Waals surface area contributed by atoms with Crippen LogP contribution in [-0.2, 0) is 58.3 Å². The summed E-state index contributed by atoms with van der Waals surface area (Å²) in [5, 5.41) is 37.2. The SMILES string of the molecule is Cc1cc(C(C)(C)C)c([O-])c(C(C)(C)C)c1.Cc1cc(C(C)(C)C)c([O-])c(C(C)(C)C)c1.Cc1cc(C(C)(C)C)c([O-])c(C(C)(C)C)c1.[Sc+3]. The van der Waals surface area contributed by atoms with E-state index in [2.05, 4.69) is 145 Å². The zero-order valence-corrected chi connectivity index (χ0v) is 37.1. The van der Waals surface area contributed by atoms with Crippen molar-refractivity contribution < 1.29 is 41.2 Å². The standard InChI is InChI=1S/3C15H24O.Sc/c3*1-10-8-11(14(2,3)4)13(16)12(9-10)15(5,6)7;/h3*8-9,16H,1-7H3;/q;;;+3/p-3. The third kappa shape index (κ3) is 13.2. The third-order valence-electron chi connectivity index (χ3n) is 8.55. The monoisotopic (exact) mass is 702 g/mol. The van der Waals surface area contributed by atoms with E-state index in [1.54, 1.807) is 0 Å². The smallest absolute Gasteiger partial charge is 0.872 e. The van der Waals surface area contributed by atoms with Gasteiger partial charge < -0.3 is 15.3 Å². The quantitative estimate of drug-likeness (QED) is 0.234. The summed E-state index contributed by atoms with van der Waals surface area (Å²) in [5.41, 5.74) is 8.61. The molecule has 0 saturated heterocycles. The summed E-state index contributed by atoms with van der Waals surface area (Å²) < 4.78 is 0. The molecule has 0 aliphatic heterocycles. The predicted molar refractivity (Wildman–Crippen MR) is 204 cm³/mol. The van der Waals surface area contributed by atoms with Gasteiger partial charge in [-0.05, 0) is 86.6 Å². The molecule has 0 saturated carbocycles. The van der Waals surface area contributed by atoms with Crippen molar-refractivity contribution in [3.8, 4) is 17.2 Å². The van der Waals surface area contributed by atoms with Crippen LogP contribution >= 0.6 is 0 Å². The summed E-state index contributed by atoms with van der Waals surface area (Å²) in [6.07, 6.45) is 0. The van der Waals surface area contributed by atoms with Crippen LogP contribution < -0.4 is 15.3 Å². The van der Waals surface area contributed by atoms with Crippen molar-refractivity contribution in [2.24, 2.45) is 0 Å². The molecule has 0 spiro atoms. The Morgan fingerprint density at radius 1 is 0.286 bits per heavy atom. The number of benzene rings is 3. The number of hydrogen-bond donors (Lipinski definition) is 0. The van der Waals surface area contributed by atoms with Crippen molar-refractivity contribution in [1.82, 2.24) is 0 Å². The minimum atomic E-state index is -0.0803. The third-order valence-corrected chi connectivity index (χ3v) is 8.55. The molecule has 0 aromatic heterocycles. The van der Waals surface area contributed by atoms with E-state index >= 15 is 0 Å². The first-order valence-electron chi connectivity index (χ1n) is 17.6. The summed E-state index contributed by atoms with van der Waals surface area (Å²) in [4.78, 5) is 0. The Balaban J connectivity index is 0.000000698. The van der Waals surface area contributed by atoms with Crippen molar-refractivity contribution in [2.75, 3.05) is 0 Å². The summed E-state index contributed by atoms with van der Waals surface area (Å²) in [7, 11) is 0. The van der Waals surface area contributed by atoms with Gasteiger partial charge in [0.1, 0.15) is 0 Å². The van der Waals surface area contributed by atoms with E-state index in [1.165, 1.54) is 16.7 Å². The average Bonchev–Trinajstić information content (AvgIpc) is 2.84. The molecule has 0 unspecified atom stereocenters. The normalized spacial score (nSPS) is 12.7. The average molecular weight is 703 g/mol. The molecule has 0 aliphatic carbocycles. The fourth-order valence-corrected chi connectivity index (χ4v) is 5.66. The van der Waals surface area contributed by atoms with Crippen LogP contribution in [0.25, 0.3) is 0 Å². The van der Waals surface area contributed by atoms with Crippen LogP contribution in [0.5, 0.6) is 17.2 Å². The molecule has 4 heteroatoms. The van der Waals surface area contributed by atoms with Crippen LogP contribution in [0, 0.1) is 20.8 Å². The second-order valence-electron chi connectivity index (χ2n) is 20.1. The zero-order valence-electron chi connectivity index (χ0n) is 35.3. The van der Waals surface area contributed by atoms with Crippen LogP contribution in [0.4, 0.5) is 0 Å². The summed E-state index contributed by atoms with van der Waals surface area (Å²) in [6, 6.07) is 12.2. The maximum atomic E-state index is 12.4. The minimum Gasteiger partial charge on any atom is -0.872 e. The second kappa shape index (κ2) is 16.1. The van der Waals surface area contributed by atoms with E-state index in [0.29, 0.717) is 0 Å². The van der Waals surface area contributed by atoms with Gasteiger partial charge in [0.05, 0.1) is 0 Å². The first-order valence-corrected chi connectivity index (χ1v) is 17.6. The molecule has 3 nitrogen and oxygen atoms in total. The maximum Gasteiger partial charge on any atom is 3.00 e. The van der Waals surface area contributed by atoms with E-state index in [4.69, 9.17) is 0 Å². The number of rotatable bonds is 0. The molecule has 0 atom stereocenters. The predicted octanol–water partition coefficient (Wildman–Crippen LogP) is 11.0. The van der Waals surface area contributed by atoms with Gasteiger partial charge in [-0.3, -0.25) is 0 Å². The Morgan fingerprint density at radius 2 is 0.388 bits per heavy atom. The van der Waals surface area contributed by atoms with Crippen LogP contribution in [0.1, 0.15) is 175 Å². The van der Waals surface area contributed by atoms with Crippen LogP contribution in [0.2, 0.25) is 0 Å². The first kappa shape index (κ1) is 46.9. The van der Waals surface area contributed by atoms with Crippen LogP contribution in [0.15, 0.2) is 36.4 Å². The molecule has 270 valence electrons. The molecule has 3 rings (SSSR count). The van der Waals surface area contributed by atoms with Crippen molar-refractivity contribution >= 4 is 0 Å². The van der Waals surface area contributed by atoms with Gasteiger partial charge in [0, 0.05) is 0 Å². The summed E-state index contributed by atoms with van der Waals surface area (Å²) in [6.45, 7) is 43.8. The fraction of sp³-hybridized carbons (Fsp3) is 0.600. The first-order chi connectivity index (χ1) is 21.1. The summed E-state index contributed by atoms with van der Waals surface area (Å²) >= 11 is 0. The Bertz CT molecular complexity index is 1260. The molecule has 3 aromatic carbocycles. The van der Waals surface area contributed by atoms with Crippen LogP contribution in [-0.4, -0.2) is 0 Å². The molecular formula is C45H69O3Sc. The molecule has 0 radical (unpaired) electrons. The Kier molecular flexibility index (Phi) is 15.4. The Morgan fingerprint density at radius 3 is 0.469 bits per heavy atom. The molecule has 0 aliphatic rings. The number of aryl methyl sites for hydroxylation is 3. The second-order valence-corrected chi connectivity index (χ2v) is 20.1. The van der Waals surface area contributed by atoms with E-state index in [0.717, 1.165) is 33.4 Å². The van der Waals surface area contributed by atoms with E-state index < -0.39 is 0 Å². The molecule has 0 fully saturated rings. The van der Waals surface area contributed by atoms with Gasteiger partial charge in [0.15, 0.2) is 0 Å². The van der Waals surface area contributed by atoms with Gasteiger partial charge >= 0.3 is 25.8 Å². The molecule has 0 bridgehead atoms. The molecule has 0 N–H and O–H groups in total. The Hall–Kier alpha value is -2.07. The summed E-state index contributed by atoms with van der Waals surface area (Å²) in [5.74, 6) is 0.641. The van der Waals surface area contributed by atoms with E-state index in [9.17, 15) is 15.3 Å². The largest absolute Gasteiger partial charge is 3.00 e. The van der Waals surface area contributed by atoms with Gasteiger partial charge in [-0.2, -0.15) is 0 Å². The maximum absolute atomic E-state index is 12.4. The minimum absolute atomic E-state index is 0. The number of hydrogen-bond acceptors (Lipinski definition) is 3.